The van der Waals surface area contributed by atoms with E-state index in [1.54, 1.807) is 0 Å². The average molecular weight is 210 g/mol. The fourth-order valence-electron chi connectivity index (χ4n) is 1.64. The first kappa shape index (κ1) is 12.0. The van der Waals surface area contributed by atoms with E-state index in [4.69, 9.17) is 11.2 Å². The zero-order valence-electron chi connectivity index (χ0n) is 9.08. The molecule has 0 bridgehead atoms. The predicted octanol–water partition coefficient (Wildman–Crippen LogP) is -0.107. The minimum atomic E-state index is -0.0340. The number of hydrogen-bond acceptors (Lipinski definition) is 3. The van der Waals surface area contributed by atoms with E-state index >= 15 is 0 Å². The van der Waals surface area contributed by atoms with Crippen LogP contribution in [0, 0.1) is 12.3 Å². The van der Waals surface area contributed by atoms with E-state index in [9.17, 15) is 4.79 Å². The van der Waals surface area contributed by atoms with Gasteiger partial charge in [0.15, 0.2) is 0 Å². The van der Waals surface area contributed by atoms with E-state index < -0.39 is 0 Å². The molecule has 4 heteroatoms. The van der Waals surface area contributed by atoms with Crippen LogP contribution in [0.15, 0.2) is 0 Å². The summed E-state index contributed by atoms with van der Waals surface area (Å²) >= 11 is 0. The maximum Gasteiger partial charge on any atom is 0.234 e. The van der Waals surface area contributed by atoms with E-state index in [0.717, 1.165) is 19.4 Å². The summed E-state index contributed by atoms with van der Waals surface area (Å²) in [5, 5.41) is 5.73. The molecule has 0 aromatic rings. The highest BCUT2D eigenvalue weighted by Crippen LogP contribution is 2.14. The molecule has 2 atom stereocenters. The topological polar surface area (TPSA) is 50.4 Å². The monoisotopic (exact) mass is 210 g/mol. The zero-order chi connectivity index (χ0) is 11.1. The van der Waals surface area contributed by atoms with Gasteiger partial charge in [0, 0.05) is 6.61 Å². The maximum atomic E-state index is 11.4. The van der Waals surface area contributed by atoms with Gasteiger partial charge in [-0.2, -0.15) is 0 Å². The standard InChI is InChI=1S/C11H18N2O2/c1-3-6-12-8-11(14)13-9(2)10-5-4-7-15-10/h1,9-10,12H,4-8H2,2H3,(H,13,14). The zero-order valence-corrected chi connectivity index (χ0v) is 9.08. The molecule has 1 rings (SSSR count). The number of carbonyl (C=O) groups excluding carboxylic acids is 1. The van der Waals surface area contributed by atoms with Crippen LogP contribution in [0.5, 0.6) is 0 Å². The van der Waals surface area contributed by atoms with Crippen molar-refractivity contribution in [3.05, 3.63) is 0 Å². The third-order valence-electron chi connectivity index (χ3n) is 2.42. The van der Waals surface area contributed by atoms with Crippen molar-refractivity contribution < 1.29 is 9.53 Å². The minimum Gasteiger partial charge on any atom is -0.376 e. The molecule has 84 valence electrons. The number of hydrogen-bond donors (Lipinski definition) is 2. The second-order valence-corrected chi connectivity index (χ2v) is 3.72. The number of carbonyl (C=O) groups is 1. The highest BCUT2D eigenvalue weighted by atomic mass is 16.5. The summed E-state index contributed by atoms with van der Waals surface area (Å²) in [4.78, 5) is 11.4. The number of rotatable bonds is 5. The van der Waals surface area contributed by atoms with Crippen molar-refractivity contribution in [2.24, 2.45) is 0 Å². The van der Waals surface area contributed by atoms with Crippen molar-refractivity contribution in [1.82, 2.24) is 10.6 Å². The summed E-state index contributed by atoms with van der Waals surface area (Å²) in [5.41, 5.74) is 0. The fourth-order valence-corrected chi connectivity index (χ4v) is 1.64. The summed E-state index contributed by atoms with van der Waals surface area (Å²) in [5.74, 6) is 2.38. The Morgan fingerprint density at radius 2 is 2.53 bits per heavy atom. The van der Waals surface area contributed by atoms with Crippen LogP contribution < -0.4 is 10.6 Å². The Morgan fingerprint density at radius 1 is 1.73 bits per heavy atom. The van der Waals surface area contributed by atoms with Crippen molar-refractivity contribution in [3.8, 4) is 12.3 Å². The Kier molecular flexibility index (Phi) is 5.16. The quantitative estimate of drug-likeness (QED) is 0.492. The normalized spacial score (nSPS) is 22.0. The Bertz CT molecular complexity index is 241. The van der Waals surface area contributed by atoms with Crippen LogP contribution in [-0.2, 0) is 9.53 Å². The molecule has 0 saturated carbocycles. The first-order valence-corrected chi connectivity index (χ1v) is 5.29. The van der Waals surface area contributed by atoms with Crippen LogP contribution in [0.3, 0.4) is 0 Å². The van der Waals surface area contributed by atoms with Gasteiger partial charge in [0.05, 0.1) is 25.2 Å². The van der Waals surface area contributed by atoms with E-state index in [-0.39, 0.29) is 24.6 Å². The van der Waals surface area contributed by atoms with Crippen LogP contribution in [-0.4, -0.2) is 37.7 Å². The number of amides is 1. The van der Waals surface area contributed by atoms with Gasteiger partial charge >= 0.3 is 0 Å². The summed E-state index contributed by atoms with van der Waals surface area (Å²) in [6.07, 6.45) is 7.33. The summed E-state index contributed by atoms with van der Waals surface area (Å²) in [6.45, 7) is 3.46. The lowest BCUT2D eigenvalue weighted by molar-refractivity contribution is -0.121. The molecule has 0 aromatic heterocycles. The first-order valence-electron chi connectivity index (χ1n) is 5.29. The third kappa shape index (κ3) is 4.32. The van der Waals surface area contributed by atoms with Gasteiger partial charge in [0.1, 0.15) is 0 Å². The second-order valence-electron chi connectivity index (χ2n) is 3.72. The highest BCUT2D eigenvalue weighted by Gasteiger charge is 2.23. The highest BCUT2D eigenvalue weighted by molar-refractivity contribution is 5.78. The van der Waals surface area contributed by atoms with Crippen molar-refractivity contribution in [1.29, 1.82) is 0 Å². The Balaban J connectivity index is 2.16. The number of ether oxygens (including phenoxy) is 1. The van der Waals surface area contributed by atoms with Gasteiger partial charge in [-0.3, -0.25) is 10.1 Å². The maximum absolute atomic E-state index is 11.4. The molecule has 0 aliphatic carbocycles. The molecule has 2 N–H and O–H groups in total. The molecule has 1 aliphatic heterocycles. The van der Waals surface area contributed by atoms with E-state index in [1.807, 2.05) is 6.92 Å². The largest absolute Gasteiger partial charge is 0.376 e. The van der Waals surface area contributed by atoms with Crippen LogP contribution in [0.1, 0.15) is 19.8 Å². The molecule has 2 unspecified atom stereocenters. The molecule has 1 aliphatic rings. The lowest BCUT2D eigenvalue weighted by Crippen LogP contribution is -2.44. The number of nitrogens with one attached hydrogen (secondary N) is 2. The molecule has 4 nitrogen and oxygen atoms in total. The van der Waals surface area contributed by atoms with Crippen LogP contribution in [0.4, 0.5) is 0 Å². The molecule has 0 radical (unpaired) electrons. The van der Waals surface area contributed by atoms with Crippen molar-refractivity contribution in [2.45, 2.75) is 31.9 Å². The molecule has 1 fully saturated rings. The Labute approximate surface area is 90.8 Å². The van der Waals surface area contributed by atoms with Gasteiger partial charge in [-0.15, -0.1) is 6.42 Å². The van der Waals surface area contributed by atoms with Crippen LogP contribution in [0.25, 0.3) is 0 Å². The molecule has 0 aromatic carbocycles. The smallest absolute Gasteiger partial charge is 0.234 e. The number of terminal acetylenes is 1. The first-order chi connectivity index (χ1) is 7.24. The van der Waals surface area contributed by atoms with Gasteiger partial charge in [-0.05, 0) is 19.8 Å². The Hall–Kier alpha value is -1.05. The predicted molar refractivity (Wildman–Crippen MR) is 58.3 cm³/mol. The van der Waals surface area contributed by atoms with Gasteiger partial charge in [-0.25, -0.2) is 0 Å². The SMILES string of the molecule is C#CCNCC(=O)NC(C)C1CCCO1. The molecule has 1 saturated heterocycles. The van der Waals surface area contributed by atoms with Gasteiger partial charge in [0.25, 0.3) is 0 Å². The van der Waals surface area contributed by atoms with Gasteiger partial charge < -0.3 is 10.1 Å². The molecule has 1 heterocycles. The molecule has 1 amide bonds. The van der Waals surface area contributed by atoms with E-state index in [2.05, 4.69) is 16.6 Å². The lowest BCUT2D eigenvalue weighted by Gasteiger charge is -2.19. The third-order valence-corrected chi connectivity index (χ3v) is 2.42. The average Bonchev–Trinajstić information content (AvgIpc) is 2.70. The van der Waals surface area contributed by atoms with Crippen molar-refractivity contribution >= 4 is 5.91 Å². The van der Waals surface area contributed by atoms with Crippen molar-refractivity contribution in [2.75, 3.05) is 19.7 Å². The van der Waals surface area contributed by atoms with Crippen LogP contribution in [0.2, 0.25) is 0 Å². The molecular weight excluding hydrogens is 192 g/mol. The van der Waals surface area contributed by atoms with E-state index in [1.165, 1.54) is 0 Å². The van der Waals surface area contributed by atoms with Crippen LogP contribution >= 0.6 is 0 Å². The van der Waals surface area contributed by atoms with E-state index in [0.29, 0.717) is 6.54 Å². The molecular formula is C11H18N2O2. The minimum absolute atomic E-state index is 0.0340. The molecule has 0 spiro atoms. The summed E-state index contributed by atoms with van der Waals surface area (Å²) in [7, 11) is 0. The molecule has 15 heavy (non-hydrogen) atoms. The summed E-state index contributed by atoms with van der Waals surface area (Å²) < 4.78 is 5.47. The van der Waals surface area contributed by atoms with Crippen molar-refractivity contribution in [3.63, 3.8) is 0 Å². The fraction of sp³-hybridized carbons (Fsp3) is 0.727. The lowest BCUT2D eigenvalue weighted by atomic mass is 10.1. The second kappa shape index (κ2) is 6.44. The Morgan fingerprint density at radius 3 is 3.13 bits per heavy atom. The van der Waals surface area contributed by atoms with Gasteiger partial charge in [0.2, 0.25) is 5.91 Å². The van der Waals surface area contributed by atoms with Gasteiger partial charge in [-0.1, -0.05) is 5.92 Å². The summed E-state index contributed by atoms with van der Waals surface area (Å²) in [6, 6.07) is 0.0765.